The van der Waals surface area contributed by atoms with Gasteiger partial charge in [0.1, 0.15) is 11.8 Å². The van der Waals surface area contributed by atoms with Crippen LogP contribution in [0.25, 0.3) is 0 Å². The van der Waals surface area contributed by atoms with Crippen molar-refractivity contribution in [3.63, 3.8) is 0 Å². The molecule has 0 spiro atoms. The van der Waals surface area contributed by atoms with E-state index in [1.54, 1.807) is 12.3 Å². The molecule has 2 heterocycles. The highest BCUT2D eigenvalue weighted by Crippen LogP contribution is 2.23. The number of hydrogen-bond acceptors (Lipinski definition) is 5. The van der Waals surface area contributed by atoms with Gasteiger partial charge in [-0.05, 0) is 24.8 Å². The fourth-order valence-electron chi connectivity index (χ4n) is 2.43. The second-order valence-corrected chi connectivity index (χ2v) is 5.18. The Bertz CT molecular complexity index is 552. The largest absolute Gasteiger partial charge is 0.350 e. The predicted octanol–water partition coefficient (Wildman–Crippen LogP) is 1.34. The summed E-state index contributed by atoms with van der Waals surface area (Å²) in [7, 11) is 0. The number of nitriles is 1. The molecular weight excluding hydrogens is 292 g/mol. The van der Waals surface area contributed by atoms with Crippen molar-refractivity contribution in [1.29, 1.82) is 5.26 Å². The zero-order chi connectivity index (χ0) is 15.9. The van der Waals surface area contributed by atoms with Gasteiger partial charge in [-0.15, -0.1) is 0 Å². The maximum Gasteiger partial charge on any atom is 0.255 e. The van der Waals surface area contributed by atoms with E-state index in [0.717, 1.165) is 12.8 Å². The molecule has 1 aliphatic rings. The third-order valence-electron chi connectivity index (χ3n) is 3.58. The number of halogens is 2. The molecule has 0 bridgehead atoms. The van der Waals surface area contributed by atoms with Gasteiger partial charge in [0.05, 0.1) is 6.54 Å². The Morgan fingerprint density at radius 2 is 2.23 bits per heavy atom. The van der Waals surface area contributed by atoms with E-state index in [4.69, 9.17) is 5.26 Å². The summed E-state index contributed by atoms with van der Waals surface area (Å²) in [5.41, 5.74) is 0.318. The molecule has 2 rings (SSSR count). The monoisotopic (exact) mass is 309 g/mol. The van der Waals surface area contributed by atoms with E-state index in [1.807, 2.05) is 11.0 Å². The van der Waals surface area contributed by atoms with Crippen LogP contribution in [0.5, 0.6) is 0 Å². The standard InChI is InChI=1S/C14H17F2N5O/c15-12(16)9-19-13(22)7-10-2-5-21(6-3-10)14-18-4-1-11(8-17)20-14/h1,4,10,12H,2-3,5-7,9H2,(H,19,22). The van der Waals surface area contributed by atoms with Crippen LogP contribution in [0.2, 0.25) is 0 Å². The van der Waals surface area contributed by atoms with Gasteiger partial charge in [0, 0.05) is 25.7 Å². The molecule has 118 valence electrons. The summed E-state index contributed by atoms with van der Waals surface area (Å²) in [6.45, 7) is 0.774. The second kappa shape index (κ2) is 7.64. The van der Waals surface area contributed by atoms with Gasteiger partial charge in [-0.2, -0.15) is 5.26 Å². The van der Waals surface area contributed by atoms with Crippen LogP contribution in [0.4, 0.5) is 14.7 Å². The van der Waals surface area contributed by atoms with Crippen LogP contribution >= 0.6 is 0 Å². The van der Waals surface area contributed by atoms with Crippen LogP contribution in [-0.4, -0.2) is 41.9 Å². The third-order valence-corrected chi connectivity index (χ3v) is 3.58. The molecule has 0 radical (unpaired) electrons. The molecule has 1 N–H and O–H groups in total. The number of carbonyl (C=O) groups is 1. The SMILES string of the molecule is N#Cc1ccnc(N2CCC(CC(=O)NCC(F)F)CC2)n1. The second-order valence-electron chi connectivity index (χ2n) is 5.18. The van der Waals surface area contributed by atoms with Gasteiger partial charge < -0.3 is 10.2 Å². The summed E-state index contributed by atoms with van der Waals surface area (Å²) >= 11 is 0. The highest BCUT2D eigenvalue weighted by molar-refractivity contribution is 5.76. The van der Waals surface area contributed by atoms with Crippen molar-refractivity contribution < 1.29 is 13.6 Å². The van der Waals surface area contributed by atoms with Crippen molar-refractivity contribution in [2.24, 2.45) is 5.92 Å². The molecular formula is C14H17F2N5O. The Labute approximate surface area is 127 Å². The van der Waals surface area contributed by atoms with E-state index in [-0.39, 0.29) is 18.2 Å². The molecule has 22 heavy (non-hydrogen) atoms. The molecule has 0 aliphatic carbocycles. The van der Waals surface area contributed by atoms with Crippen LogP contribution in [-0.2, 0) is 4.79 Å². The highest BCUT2D eigenvalue weighted by Gasteiger charge is 2.23. The first-order valence-corrected chi connectivity index (χ1v) is 7.11. The van der Waals surface area contributed by atoms with Crippen LogP contribution in [0.15, 0.2) is 12.3 Å². The number of aromatic nitrogens is 2. The number of alkyl halides is 2. The van der Waals surface area contributed by atoms with Gasteiger partial charge in [0.25, 0.3) is 6.43 Å². The van der Waals surface area contributed by atoms with Gasteiger partial charge in [-0.25, -0.2) is 18.7 Å². The Morgan fingerprint density at radius 3 is 2.86 bits per heavy atom. The smallest absolute Gasteiger partial charge is 0.255 e. The first-order chi connectivity index (χ1) is 10.6. The molecule has 0 unspecified atom stereocenters. The number of hydrogen-bond donors (Lipinski definition) is 1. The number of anilines is 1. The van der Waals surface area contributed by atoms with Crippen LogP contribution < -0.4 is 10.2 Å². The summed E-state index contributed by atoms with van der Waals surface area (Å²) in [6, 6.07) is 3.52. The first-order valence-electron chi connectivity index (χ1n) is 7.11. The lowest BCUT2D eigenvalue weighted by atomic mass is 9.93. The van der Waals surface area contributed by atoms with Crippen LogP contribution in [0, 0.1) is 17.2 Å². The zero-order valence-corrected chi connectivity index (χ0v) is 12.0. The Balaban J connectivity index is 1.80. The van der Waals surface area contributed by atoms with Crippen molar-refractivity contribution in [3.8, 4) is 6.07 Å². The number of nitrogens with zero attached hydrogens (tertiary/aromatic N) is 4. The molecule has 1 aliphatic heterocycles. The van der Waals surface area contributed by atoms with Crippen molar-refractivity contribution in [2.45, 2.75) is 25.7 Å². The molecule has 0 saturated carbocycles. The fraction of sp³-hybridized carbons (Fsp3) is 0.571. The van der Waals surface area contributed by atoms with Crippen molar-refractivity contribution in [1.82, 2.24) is 15.3 Å². The molecule has 1 aromatic heterocycles. The zero-order valence-electron chi connectivity index (χ0n) is 12.0. The summed E-state index contributed by atoms with van der Waals surface area (Å²) in [5, 5.41) is 11.1. The lowest BCUT2D eigenvalue weighted by Gasteiger charge is -2.31. The quantitative estimate of drug-likeness (QED) is 0.887. The summed E-state index contributed by atoms with van der Waals surface area (Å²) < 4.78 is 24.0. The molecule has 0 aromatic carbocycles. The van der Waals surface area contributed by atoms with E-state index < -0.39 is 13.0 Å². The summed E-state index contributed by atoms with van der Waals surface area (Å²) in [5.74, 6) is 0.356. The molecule has 8 heteroatoms. The predicted molar refractivity (Wildman–Crippen MR) is 75.3 cm³/mol. The van der Waals surface area contributed by atoms with Gasteiger partial charge in [0.15, 0.2) is 0 Å². The number of carbonyl (C=O) groups excluding carboxylic acids is 1. The van der Waals surface area contributed by atoms with Gasteiger partial charge in [-0.1, -0.05) is 0 Å². The van der Waals surface area contributed by atoms with E-state index >= 15 is 0 Å². The highest BCUT2D eigenvalue weighted by atomic mass is 19.3. The minimum absolute atomic E-state index is 0.174. The van der Waals surface area contributed by atoms with Crippen molar-refractivity contribution >= 4 is 11.9 Å². The number of piperidine rings is 1. The third kappa shape index (κ3) is 4.62. The maximum atomic E-state index is 12.0. The number of rotatable bonds is 5. The average molecular weight is 309 g/mol. The molecule has 6 nitrogen and oxygen atoms in total. The van der Waals surface area contributed by atoms with Gasteiger partial charge in [-0.3, -0.25) is 4.79 Å². The Kier molecular flexibility index (Phi) is 5.58. The molecule has 1 saturated heterocycles. The van der Waals surface area contributed by atoms with E-state index in [9.17, 15) is 13.6 Å². The minimum atomic E-state index is -2.52. The summed E-state index contributed by atoms with van der Waals surface area (Å²) in [6.07, 6.45) is 0.824. The normalized spacial score (nSPS) is 15.6. The van der Waals surface area contributed by atoms with Crippen LogP contribution in [0.3, 0.4) is 0 Å². The molecule has 1 aromatic rings. The van der Waals surface area contributed by atoms with Crippen molar-refractivity contribution in [2.75, 3.05) is 24.5 Å². The maximum absolute atomic E-state index is 12.0. The first kappa shape index (κ1) is 16.1. The molecule has 1 amide bonds. The number of nitrogens with one attached hydrogen (secondary N) is 1. The Hall–Kier alpha value is -2.30. The van der Waals surface area contributed by atoms with E-state index in [2.05, 4.69) is 15.3 Å². The number of amides is 1. The topological polar surface area (TPSA) is 81.9 Å². The Morgan fingerprint density at radius 1 is 1.50 bits per heavy atom. The summed E-state index contributed by atoms with van der Waals surface area (Å²) in [4.78, 5) is 21.8. The van der Waals surface area contributed by atoms with Gasteiger partial charge in [0.2, 0.25) is 11.9 Å². The lowest BCUT2D eigenvalue weighted by molar-refractivity contribution is -0.122. The van der Waals surface area contributed by atoms with Crippen LogP contribution in [0.1, 0.15) is 25.0 Å². The van der Waals surface area contributed by atoms with Crippen molar-refractivity contribution in [3.05, 3.63) is 18.0 Å². The molecule has 1 fully saturated rings. The lowest BCUT2D eigenvalue weighted by Crippen LogP contribution is -2.37. The molecule has 0 atom stereocenters. The van der Waals surface area contributed by atoms with E-state index in [1.165, 1.54) is 0 Å². The minimum Gasteiger partial charge on any atom is -0.350 e. The average Bonchev–Trinajstić information content (AvgIpc) is 2.54. The van der Waals surface area contributed by atoms with Gasteiger partial charge >= 0.3 is 0 Å². The van der Waals surface area contributed by atoms with E-state index in [0.29, 0.717) is 24.7 Å². The fourth-order valence-corrected chi connectivity index (χ4v) is 2.43.